The summed E-state index contributed by atoms with van der Waals surface area (Å²) in [6.07, 6.45) is 3.74. The van der Waals surface area contributed by atoms with Crippen LogP contribution in [0, 0.1) is 5.82 Å². The van der Waals surface area contributed by atoms with Crippen molar-refractivity contribution in [3.05, 3.63) is 150 Å². The molecule has 6 rings (SSSR count). The second-order valence-electron chi connectivity index (χ2n) is 10.5. The van der Waals surface area contributed by atoms with Gasteiger partial charge in [-0.15, -0.1) is 11.8 Å². The molecule has 0 saturated carbocycles. The molecule has 0 spiro atoms. The Morgan fingerprint density at radius 1 is 1.00 bits per heavy atom. The third-order valence-corrected chi connectivity index (χ3v) is 9.34. The van der Waals surface area contributed by atoms with Crippen LogP contribution in [0.4, 0.5) is 4.39 Å². The molecule has 47 heavy (non-hydrogen) atoms. The quantitative estimate of drug-likeness (QED) is 0.127. The van der Waals surface area contributed by atoms with Crippen LogP contribution < -0.4 is 24.4 Å². The van der Waals surface area contributed by atoms with Crippen molar-refractivity contribution in [3.63, 3.8) is 0 Å². The van der Waals surface area contributed by atoms with Crippen molar-refractivity contribution in [2.75, 3.05) is 20.0 Å². The van der Waals surface area contributed by atoms with Crippen LogP contribution in [-0.4, -0.2) is 30.5 Å². The number of methoxy groups -OCH3 is 1. The van der Waals surface area contributed by atoms with E-state index in [1.54, 1.807) is 54.6 Å². The molecule has 238 valence electrons. The lowest BCUT2D eigenvalue weighted by Gasteiger charge is -2.26. The van der Waals surface area contributed by atoms with Crippen LogP contribution in [0.2, 0.25) is 0 Å². The van der Waals surface area contributed by atoms with E-state index in [0.717, 1.165) is 21.6 Å². The van der Waals surface area contributed by atoms with Crippen molar-refractivity contribution in [1.29, 1.82) is 0 Å². The van der Waals surface area contributed by atoms with Crippen molar-refractivity contribution in [3.8, 4) is 11.5 Å². The molecule has 0 aliphatic carbocycles. The minimum atomic E-state index is -0.780. The number of thioether (sulfide) groups is 1. The molecular formula is C37H31FN2O5S2. The summed E-state index contributed by atoms with van der Waals surface area (Å²) < 4.78 is 32.8. The molecule has 2 heterocycles. The molecule has 7 nitrogen and oxygen atoms in total. The Balaban J connectivity index is 1.54. The number of carbonyl (C=O) groups excluding carboxylic acids is 1. The average Bonchev–Trinajstić information content (AvgIpc) is 3.41. The van der Waals surface area contributed by atoms with Gasteiger partial charge in [-0.05, 0) is 60.7 Å². The summed E-state index contributed by atoms with van der Waals surface area (Å²) in [6, 6.07) is 28.0. The number of fused-ring (bicyclic) bond motifs is 1. The number of hydrogen-bond donors (Lipinski definition) is 0. The van der Waals surface area contributed by atoms with E-state index in [9.17, 15) is 14.0 Å². The number of esters is 1. The zero-order valence-electron chi connectivity index (χ0n) is 25.9. The van der Waals surface area contributed by atoms with Crippen molar-refractivity contribution in [1.82, 2.24) is 4.57 Å². The number of hydrogen-bond acceptors (Lipinski definition) is 8. The van der Waals surface area contributed by atoms with E-state index < -0.39 is 12.0 Å². The largest absolute Gasteiger partial charge is 0.493 e. The summed E-state index contributed by atoms with van der Waals surface area (Å²) in [5.41, 5.74) is 3.32. The molecule has 1 aliphatic rings. The minimum Gasteiger partial charge on any atom is -0.493 e. The molecule has 0 bridgehead atoms. The number of thiazole rings is 1. The van der Waals surface area contributed by atoms with Gasteiger partial charge in [0.05, 0.1) is 35.6 Å². The summed E-state index contributed by atoms with van der Waals surface area (Å²) in [5.74, 6) is 0.0534. The first-order chi connectivity index (χ1) is 22.9. The Morgan fingerprint density at radius 3 is 2.43 bits per heavy atom. The monoisotopic (exact) mass is 666 g/mol. The second-order valence-corrected chi connectivity index (χ2v) is 12.4. The fraction of sp³-hybridized carbons (Fsp3) is 0.162. The van der Waals surface area contributed by atoms with Gasteiger partial charge in [0.1, 0.15) is 12.4 Å². The molecule has 5 aromatic rings. The van der Waals surface area contributed by atoms with Crippen molar-refractivity contribution in [2.24, 2.45) is 4.99 Å². The summed E-state index contributed by atoms with van der Waals surface area (Å²) in [6.45, 7) is 2.09. The number of benzene rings is 4. The summed E-state index contributed by atoms with van der Waals surface area (Å²) in [4.78, 5) is 34.5. The summed E-state index contributed by atoms with van der Waals surface area (Å²) in [5, 5.41) is 0. The van der Waals surface area contributed by atoms with Crippen LogP contribution in [0.5, 0.6) is 11.5 Å². The van der Waals surface area contributed by atoms with Gasteiger partial charge in [0.2, 0.25) is 0 Å². The first-order valence-corrected chi connectivity index (χ1v) is 16.9. The van der Waals surface area contributed by atoms with Crippen molar-refractivity contribution < 1.29 is 23.4 Å². The number of ether oxygens (including phenoxy) is 3. The zero-order valence-corrected chi connectivity index (χ0v) is 27.6. The Labute approximate surface area is 279 Å². The zero-order chi connectivity index (χ0) is 32.9. The van der Waals surface area contributed by atoms with E-state index in [2.05, 4.69) is 0 Å². The molecule has 1 atom stereocenters. The molecule has 0 amide bonds. The van der Waals surface area contributed by atoms with Crippen LogP contribution in [0.1, 0.15) is 35.2 Å². The van der Waals surface area contributed by atoms with Gasteiger partial charge in [0, 0.05) is 16.0 Å². The normalized spacial score (nSPS) is 14.4. The van der Waals surface area contributed by atoms with Crippen molar-refractivity contribution >= 4 is 40.8 Å². The van der Waals surface area contributed by atoms with E-state index in [1.807, 2.05) is 73.0 Å². The topological polar surface area (TPSA) is 79.1 Å². The van der Waals surface area contributed by atoms with Gasteiger partial charge in [-0.25, -0.2) is 14.2 Å². The molecule has 0 N–H and O–H groups in total. The Kier molecular flexibility index (Phi) is 9.70. The van der Waals surface area contributed by atoms with E-state index in [-0.39, 0.29) is 24.6 Å². The fourth-order valence-electron chi connectivity index (χ4n) is 5.38. The highest BCUT2D eigenvalue weighted by Crippen LogP contribution is 2.36. The highest BCUT2D eigenvalue weighted by Gasteiger charge is 2.35. The number of carbonyl (C=O) groups is 1. The second kappa shape index (κ2) is 14.2. The maximum atomic E-state index is 14.4. The first kappa shape index (κ1) is 32.0. The third-order valence-electron chi connectivity index (χ3n) is 7.62. The molecule has 0 fully saturated rings. The van der Waals surface area contributed by atoms with Gasteiger partial charge in [0.15, 0.2) is 16.3 Å². The molecule has 4 aromatic carbocycles. The van der Waals surface area contributed by atoms with Gasteiger partial charge in [-0.2, -0.15) is 0 Å². The van der Waals surface area contributed by atoms with Gasteiger partial charge in [-0.3, -0.25) is 9.36 Å². The predicted octanol–water partition coefficient (Wildman–Crippen LogP) is 6.38. The van der Waals surface area contributed by atoms with Gasteiger partial charge >= 0.3 is 5.97 Å². The first-order valence-electron chi connectivity index (χ1n) is 14.9. The van der Waals surface area contributed by atoms with Crippen LogP contribution in [-0.2, 0) is 16.1 Å². The van der Waals surface area contributed by atoms with E-state index in [0.29, 0.717) is 37.7 Å². The highest BCUT2D eigenvalue weighted by atomic mass is 32.2. The van der Waals surface area contributed by atoms with E-state index in [4.69, 9.17) is 19.2 Å². The fourth-order valence-corrected chi connectivity index (χ4v) is 6.78. The third kappa shape index (κ3) is 6.65. The Morgan fingerprint density at radius 2 is 1.74 bits per heavy atom. The van der Waals surface area contributed by atoms with Crippen LogP contribution in [0.3, 0.4) is 0 Å². The summed E-state index contributed by atoms with van der Waals surface area (Å²) >= 11 is 2.83. The predicted molar refractivity (Wildman–Crippen MR) is 183 cm³/mol. The molecule has 1 aromatic heterocycles. The highest BCUT2D eigenvalue weighted by molar-refractivity contribution is 7.98. The number of para-hydroxylation sites is 1. The Bertz CT molecular complexity index is 2120. The molecular weight excluding hydrogens is 636 g/mol. The van der Waals surface area contributed by atoms with E-state index >= 15 is 0 Å². The maximum absolute atomic E-state index is 14.4. The molecule has 1 aliphatic heterocycles. The van der Waals surface area contributed by atoms with Crippen LogP contribution in [0.15, 0.2) is 117 Å². The molecule has 10 heteroatoms. The smallest absolute Gasteiger partial charge is 0.338 e. The van der Waals surface area contributed by atoms with Gasteiger partial charge in [-0.1, -0.05) is 78.1 Å². The molecule has 0 unspecified atom stereocenters. The molecule has 0 saturated heterocycles. The lowest BCUT2D eigenvalue weighted by molar-refractivity contribution is -0.138. The molecule has 0 radical (unpaired) electrons. The summed E-state index contributed by atoms with van der Waals surface area (Å²) in [7, 11) is 1.54. The lowest BCUT2D eigenvalue weighted by Crippen LogP contribution is -2.40. The van der Waals surface area contributed by atoms with Crippen molar-refractivity contribution in [2.45, 2.75) is 24.5 Å². The SMILES string of the molecule is CCOC(=O)C1=C(c2ccccc2)N=c2s/c(=C\c3cccc(OC)c3OCc3ccc(F)cc3)c(=O)n2[C@@H]1c1ccc(SC)cc1. The van der Waals surface area contributed by atoms with Crippen LogP contribution >= 0.6 is 23.1 Å². The van der Waals surface area contributed by atoms with Crippen LogP contribution in [0.25, 0.3) is 11.8 Å². The standard InChI is InChI=1S/C37H31FN2O5S2/c1-4-44-36(42)31-32(24-9-6-5-7-10-24)39-37-40(33(31)25-15-19-28(46-3)20-16-25)35(41)30(47-37)21-26-11-8-12-29(43-2)34(26)45-22-23-13-17-27(38)18-14-23/h5-21,33H,4,22H2,1-3H3/b30-21-/t33-/m1/s1. The maximum Gasteiger partial charge on any atom is 0.338 e. The minimum absolute atomic E-state index is 0.165. The lowest BCUT2D eigenvalue weighted by atomic mass is 9.93. The van der Waals surface area contributed by atoms with E-state index in [1.165, 1.54) is 23.5 Å². The number of aromatic nitrogens is 1. The van der Waals surface area contributed by atoms with Gasteiger partial charge in [0.25, 0.3) is 5.56 Å². The van der Waals surface area contributed by atoms with Gasteiger partial charge < -0.3 is 14.2 Å². The number of halogens is 1. The number of nitrogens with zero attached hydrogens (tertiary/aromatic N) is 2. The number of rotatable bonds is 10. The Hall–Kier alpha value is -4.93. The average molecular weight is 667 g/mol.